The quantitative estimate of drug-likeness (QED) is 0.741. The second kappa shape index (κ2) is 8.04. The monoisotopic (exact) mass is 377 g/mol. The zero-order valence-electron chi connectivity index (χ0n) is 16.4. The standard InChI is InChI=1S/C21H23N5O2/c1-14-5-9-17(10-6-14)22-19(27)13-25(4)21(28)20-16(3)26(24-23-20)18-11-7-15(2)8-12-18/h5-12H,13H2,1-4H3,(H,22,27). The largest absolute Gasteiger partial charge is 0.331 e. The predicted octanol–water partition coefficient (Wildman–Crippen LogP) is 2.90. The van der Waals surface area contributed by atoms with E-state index in [0.717, 1.165) is 16.8 Å². The van der Waals surface area contributed by atoms with Gasteiger partial charge in [-0.2, -0.15) is 0 Å². The molecule has 1 N–H and O–H groups in total. The normalized spacial score (nSPS) is 10.6. The molecular weight excluding hydrogens is 354 g/mol. The molecule has 1 aromatic heterocycles. The Bertz CT molecular complexity index is 991. The molecule has 0 aliphatic rings. The van der Waals surface area contributed by atoms with Crippen LogP contribution in [0, 0.1) is 20.8 Å². The molecule has 0 atom stereocenters. The SMILES string of the molecule is Cc1ccc(NC(=O)CN(C)C(=O)c2nnn(-c3ccc(C)cc3)c2C)cc1. The van der Waals surface area contributed by atoms with Gasteiger partial charge in [0.05, 0.1) is 17.9 Å². The molecule has 0 unspecified atom stereocenters. The fourth-order valence-corrected chi connectivity index (χ4v) is 2.76. The van der Waals surface area contributed by atoms with Crippen molar-refractivity contribution < 1.29 is 9.59 Å². The second-order valence-corrected chi connectivity index (χ2v) is 6.85. The molecule has 0 aliphatic heterocycles. The summed E-state index contributed by atoms with van der Waals surface area (Å²) in [5, 5.41) is 10.9. The van der Waals surface area contributed by atoms with Gasteiger partial charge in [0.15, 0.2) is 5.69 Å². The topological polar surface area (TPSA) is 80.1 Å². The van der Waals surface area contributed by atoms with E-state index in [0.29, 0.717) is 11.4 Å². The van der Waals surface area contributed by atoms with Crippen molar-refractivity contribution in [3.63, 3.8) is 0 Å². The van der Waals surface area contributed by atoms with Crippen molar-refractivity contribution in [2.45, 2.75) is 20.8 Å². The molecule has 0 radical (unpaired) electrons. The van der Waals surface area contributed by atoms with Crippen LogP contribution >= 0.6 is 0 Å². The minimum Gasteiger partial charge on any atom is -0.331 e. The predicted molar refractivity (Wildman–Crippen MR) is 108 cm³/mol. The molecule has 2 amide bonds. The summed E-state index contributed by atoms with van der Waals surface area (Å²) in [5.74, 6) is -0.627. The van der Waals surface area contributed by atoms with Gasteiger partial charge in [0, 0.05) is 12.7 Å². The van der Waals surface area contributed by atoms with Gasteiger partial charge in [-0.05, 0) is 45.0 Å². The van der Waals surface area contributed by atoms with Crippen molar-refractivity contribution >= 4 is 17.5 Å². The lowest BCUT2D eigenvalue weighted by atomic mass is 10.2. The summed E-state index contributed by atoms with van der Waals surface area (Å²) >= 11 is 0. The molecule has 0 spiro atoms. The van der Waals surface area contributed by atoms with Crippen molar-refractivity contribution in [1.82, 2.24) is 19.9 Å². The van der Waals surface area contributed by atoms with Gasteiger partial charge < -0.3 is 10.2 Å². The Kier molecular flexibility index (Phi) is 5.54. The maximum absolute atomic E-state index is 12.7. The van der Waals surface area contributed by atoms with Crippen LogP contribution in [0.15, 0.2) is 48.5 Å². The number of benzene rings is 2. The van der Waals surface area contributed by atoms with Crippen LogP contribution in [0.25, 0.3) is 5.69 Å². The molecule has 7 nitrogen and oxygen atoms in total. The van der Waals surface area contributed by atoms with E-state index in [1.54, 1.807) is 18.7 Å². The highest BCUT2D eigenvalue weighted by molar-refractivity contribution is 5.98. The van der Waals surface area contributed by atoms with Crippen LogP contribution in [0.2, 0.25) is 0 Å². The molecule has 2 aromatic carbocycles. The molecule has 1 heterocycles. The second-order valence-electron chi connectivity index (χ2n) is 6.85. The van der Waals surface area contributed by atoms with Crippen LogP contribution in [0.5, 0.6) is 0 Å². The van der Waals surface area contributed by atoms with E-state index >= 15 is 0 Å². The molecule has 144 valence electrons. The summed E-state index contributed by atoms with van der Waals surface area (Å²) in [5.41, 5.74) is 4.62. The molecule has 0 saturated carbocycles. The third-order valence-electron chi connectivity index (χ3n) is 4.44. The zero-order valence-corrected chi connectivity index (χ0v) is 16.4. The first-order chi connectivity index (χ1) is 13.3. The molecule has 0 bridgehead atoms. The molecule has 0 aliphatic carbocycles. The lowest BCUT2D eigenvalue weighted by Gasteiger charge is -2.16. The number of rotatable bonds is 5. The summed E-state index contributed by atoms with van der Waals surface area (Å²) in [6.45, 7) is 5.69. The molecular formula is C21H23N5O2. The molecule has 0 saturated heterocycles. The third-order valence-corrected chi connectivity index (χ3v) is 4.44. The lowest BCUT2D eigenvalue weighted by molar-refractivity contribution is -0.116. The Labute approximate surface area is 164 Å². The number of aryl methyl sites for hydroxylation is 2. The first-order valence-electron chi connectivity index (χ1n) is 8.96. The Balaban J connectivity index is 1.68. The van der Waals surface area contributed by atoms with Crippen LogP contribution in [0.1, 0.15) is 27.3 Å². The molecule has 28 heavy (non-hydrogen) atoms. The summed E-state index contributed by atoms with van der Waals surface area (Å²) in [6.07, 6.45) is 0. The summed E-state index contributed by atoms with van der Waals surface area (Å²) in [7, 11) is 1.57. The Morgan fingerprint density at radius 1 is 0.964 bits per heavy atom. The summed E-state index contributed by atoms with van der Waals surface area (Å²) in [4.78, 5) is 26.3. The number of carbonyl (C=O) groups is 2. The summed E-state index contributed by atoms with van der Waals surface area (Å²) in [6, 6.07) is 15.3. The number of hydrogen-bond acceptors (Lipinski definition) is 4. The average molecular weight is 377 g/mol. The van der Waals surface area contributed by atoms with Crippen molar-refractivity contribution in [2.24, 2.45) is 0 Å². The van der Waals surface area contributed by atoms with Crippen molar-refractivity contribution in [3.8, 4) is 5.69 Å². The Hall–Kier alpha value is -3.48. The Morgan fingerprint density at radius 2 is 1.54 bits per heavy atom. The first-order valence-corrected chi connectivity index (χ1v) is 8.96. The van der Waals surface area contributed by atoms with Gasteiger partial charge in [-0.3, -0.25) is 9.59 Å². The van der Waals surface area contributed by atoms with Crippen molar-refractivity contribution in [2.75, 3.05) is 18.9 Å². The number of carbonyl (C=O) groups excluding carboxylic acids is 2. The van der Waals surface area contributed by atoms with Crippen LogP contribution in [0.4, 0.5) is 5.69 Å². The number of hydrogen-bond donors (Lipinski definition) is 1. The van der Waals surface area contributed by atoms with E-state index in [2.05, 4.69) is 15.6 Å². The molecule has 3 rings (SSSR count). The highest BCUT2D eigenvalue weighted by Crippen LogP contribution is 2.14. The van der Waals surface area contributed by atoms with Gasteiger partial charge >= 0.3 is 0 Å². The van der Waals surface area contributed by atoms with Gasteiger partial charge in [0.1, 0.15) is 0 Å². The zero-order chi connectivity index (χ0) is 20.3. The number of aromatic nitrogens is 3. The van der Waals surface area contributed by atoms with E-state index in [9.17, 15) is 9.59 Å². The fraction of sp³-hybridized carbons (Fsp3) is 0.238. The van der Waals surface area contributed by atoms with E-state index in [1.165, 1.54) is 4.90 Å². The van der Waals surface area contributed by atoms with Crippen LogP contribution in [-0.4, -0.2) is 45.3 Å². The molecule has 3 aromatic rings. The average Bonchev–Trinajstić information content (AvgIpc) is 3.05. The van der Waals surface area contributed by atoms with Crippen molar-refractivity contribution in [3.05, 3.63) is 71.0 Å². The third kappa shape index (κ3) is 4.25. The van der Waals surface area contributed by atoms with E-state index in [4.69, 9.17) is 0 Å². The number of likely N-dealkylation sites (N-methyl/N-ethyl adjacent to an activating group) is 1. The van der Waals surface area contributed by atoms with Crippen molar-refractivity contribution in [1.29, 1.82) is 0 Å². The van der Waals surface area contributed by atoms with Gasteiger partial charge in [0.25, 0.3) is 5.91 Å². The number of nitrogens with one attached hydrogen (secondary N) is 1. The van der Waals surface area contributed by atoms with Crippen LogP contribution in [-0.2, 0) is 4.79 Å². The van der Waals surface area contributed by atoms with Gasteiger partial charge in [-0.25, -0.2) is 4.68 Å². The highest BCUT2D eigenvalue weighted by Gasteiger charge is 2.22. The van der Waals surface area contributed by atoms with E-state index < -0.39 is 0 Å². The van der Waals surface area contributed by atoms with Gasteiger partial charge in [0.2, 0.25) is 5.91 Å². The Morgan fingerprint density at radius 3 is 2.14 bits per heavy atom. The maximum Gasteiger partial charge on any atom is 0.276 e. The lowest BCUT2D eigenvalue weighted by Crippen LogP contribution is -2.35. The molecule has 0 fully saturated rings. The van der Waals surface area contributed by atoms with E-state index in [1.807, 2.05) is 62.4 Å². The van der Waals surface area contributed by atoms with Gasteiger partial charge in [-0.1, -0.05) is 40.6 Å². The highest BCUT2D eigenvalue weighted by atomic mass is 16.2. The fourth-order valence-electron chi connectivity index (χ4n) is 2.76. The first kappa shape index (κ1) is 19.3. The van der Waals surface area contributed by atoms with Crippen LogP contribution < -0.4 is 5.32 Å². The van der Waals surface area contributed by atoms with E-state index in [-0.39, 0.29) is 24.1 Å². The molecule has 7 heteroatoms. The number of anilines is 1. The van der Waals surface area contributed by atoms with Crippen LogP contribution in [0.3, 0.4) is 0 Å². The summed E-state index contributed by atoms with van der Waals surface area (Å²) < 4.78 is 1.62. The van der Waals surface area contributed by atoms with Gasteiger partial charge in [-0.15, -0.1) is 5.10 Å². The minimum atomic E-state index is -0.352. The maximum atomic E-state index is 12.7. The number of amides is 2. The number of nitrogens with zero attached hydrogens (tertiary/aromatic N) is 4. The minimum absolute atomic E-state index is 0.0798. The smallest absolute Gasteiger partial charge is 0.276 e.